The maximum Gasteiger partial charge on any atom is 0.293 e. The van der Waals surface area contributed by atoms with Crippen LogP contribution in [0, 0.1) is 6.92 Å². The quantitative estimate of drug-likeness (QED) is 0.466. The number of hydrogen-bond acceptors (Lipinski definition) is 5. The Morgan fingerprint density at radius 1 is 1.17 bits per heavy atom. The number of carbonyl (C=O) groups excluding carboxylic acids is 1. The van der Waals surface area contributed by atoms with E-state index in [0.29, 0.717) is 17.3 Å². The van der Waals surface area contributed by atoms with E-state index in [1.165, 1.54) is 0 Å². The molecule has 0 fully saturated rings. The normalized spacial score (nSPS) is 10.7. The van der Waals surface area contributed by atoms with Crippen molar-refractivity contribution in [1.82, 2.24) is 14.8 Å². The molecule has 2 aromatic carbocycles. The van der Waals surface area contributed by atoms with Crippen molar-refractivity contribution >= 4 is 23.5 Å². The van der Waals surface area contributed by atoms with Crippen LogP contribution in [0.3, 0.4) is 0 Å². The Morgan fingerprint density at radius 3 is 2.87 bits per heavy atom. The third kappa shape index (κ3) is 4.87. The zero-order valence-electron chi connectivity index (χ0n) is 16.2. The molecule has 0 saturated carbocycles. The van der Waals surface area contributed by atoms with Crippen molar-refractivity contribution < 1.29 is 13.9 Å². The number of para-hydroxylation sites is 1. The van der Waals surface area contributed by atoms with E-state index in [4.69, 9.17) is 20.8 Å². The molecule has 0 radical (unpaired) electrons. The Bertz CT molecular complexity index is 1170. The number of nitrogens with one attached hydrogen (secondary N) is 1. The van der Waals surface area contributed by atoms with Gasteiger partial charge in [0.25, 0.3) is 5.91 Å². The van der Waals surface area contributed by atoms with Crippen LogP contribution >= 0.6 is 11.6 Å². The number of furan rings is 1. The summed E-state index contributed by atoms with van der Waals surface area (Å²) in [6, 6.07) is 18.5. The number of benzene rings is 2. The molecule has 0 spiro atoms. The summed E-state index contributed by atoms with van der Waals surface area (Å²) in [6.45, 7) is 2.68. The van der Waals surface area contributed by atoms with E-state index in [0.717, 1.165) is 16.9 Å². The number of anilines is 1. The van der Waals surface area contributed by atoms with E-state index in [1.54, 1.807) is 23.1 Å². The number of amides is 1. The number of halogens is 1. The average molecular weight is 423 g/mol. The van der Waals surface area contributed by atoms with Gasteiger partial charge in [-0.1, -0.05) is 41.9 Å². The van der Waals surface area contributed by atoms with Crippen molar-refractivity contribution in [3.8, 4) is 5.75 Å². The molecular weight excluding hydrogens is 404 g/mol. The summed E-state index contributed by atoms with van der Waals surface area (Å²) >= 11 is 6.00. The second-order valence-electron chi connectivity index (χ2n) is 6.67. The summed E-state index contributed by atoms with van der Waals surface area (Å²) in [5, 5.41) is 7.54. The predicted octanol–water partition coefficient (Wildman–Crippen LogP) is 4.71. The van der Waals surface area contributed by atoms with Crippen LogP contribution in [0.25, 0.3) is 0 Å². The van der Waals surface area contributed by atoms with E-state index < -0.39 is 5.91 Å². The SMILES string of the molecule is Cc1ccccc1OCc1ccc(C(=O)Nc2ncn(Cc3cccc(Cl)c3)n2)o1. The molecule has 152 valence electrons. The Kier molecular flexibility index (Phi) is 5.81. The fraction of sp³-hybridized carbons (Fsp3) is 0.136. The zero-order valence-corrected chi connectivity index (χ0v) is 17.0. The molecule has 1 N–H and O–H groups in total. The van der Waals surface area contributed by atoms with Gasteiger partial charge in [0.05, 0.1) is 6.54 Å². The summed E-state index contributed by atoms with van der Waals surface area (Å²) in [4.78, 5) is 16.5. The maximum atomic E-state index is 12.4. The van der Waals surface area contributed by atoms with Gasteiger partial charge in [-0.15, -0.1) is 5.10 Å². The molecule has 4 aromatic rings. The number of aryl methyl sites for hydroxylation is 1. The minimum Gasteiger partial charge on any atom is -0.485 e. The van der Waals surface area contributed by atoms with Crippen LogP contribution in [0.15, 0.2) is 71.4 Å². The second kappa shape index (κ2) is 8.84. The van der Waals surface area contributed by atoms with Crippen LogP contribution < -0.4 is 10.1 Å². The van der Waals surface area contributed by atoms with Gasteiger partial charge in [-0.2, -0.15) is 0 Å². The molecule has 0 bridgehead atoms. The molecule has 8 heteroatoms. The van der Waals surface area contributed by atoms with E-state index >= 15 is 0 Å². The first kappa shape index (κ1) is 19.7. The van der Waals surface area contributed by atoms with Gasteiger partial charge >= 0.3 is 0 Å². The molecule has 0 saturated heterocycles. The van der Waals surface area contributed by atoms with Crippen LogP contribution in [0.5, 0.6) is 5.75 Å². The molecule has 1 amide bonds. The number of ether oxygens (including phenoxy) is 1. The van der Waals surface area contributed by atoms with E-state index in [-0.39, 0.29) is 18.3 Å². The van der Waals surface area contributed by atoms with Crippen molar-refractivity contribution in [1.29, 1.82) is 0 Å². The van der Waals surface area contributed by atoms with E-state index in [2.05, 4.69) is 15.4 Å². The summed E-state index contributed by atoms with van der Waals surface area (Å²) in [7, 11) is 0. The largest absolute Gasteiger partial charge is 0.485 e. The summed E-state index contributed by atoms with van der Waals surface area (Å²) in [6.07, 6.45) is 1.54. The molecule has 7 nitrogen and oxygen atoms in total. The summed E-state index contributed by atoms with van der Waals surface area (Å²) in [5.41, 5.74) is 2.01. The van der Waals surface area contributed by atoms with Crippen molar-refractivity contribution in [3.63, 3.8) is 0 Å². The van der Waals surface area contributed by atoms with Gasteiger partial charge in [0.1, 0.15) is 24.4 Å². The Labute approximate surface area is 178 Å². The highest BCUT2D eigenvalue weighted by Crippen LogP contribution is 2.19. The lowest BCUT2D eigenvalue weighted by Crippen LogP contribution is -2.12. The third-order valence-corrected chi connectivity index (χ3v) is 4.58. The second-order valence-corrected chi connectivity index (χ2v) is 7.11. The zero-order chi connectivity index (χ0) is 20.9. The fourth-order valence-electron chi connectivity index (χ4n) is 2.86. The maximum absolute atomic E-state index is 12.4. The number of carbonyl (C=O) groups is 1. The predicted molar refractivity (Wildman–Crippen MR) is 113 cm³/mol. The Hall–Kier alpha value is -3.58. The van der Waals surface area contributed by atoms with Gasteiger partial charge in [-0.25, -0.2) is 9.67 Å². The first-order valence-electron chi connectivity index (χ1n) is 9.29. The highest BCUT2D eigenvalue weighted by molar-refractivity contribution is 6.30. The topological polar surface area (TPSA) is 82.2 Å². The minimum atomic E-state index is -0.433. The van der Waals surface area contributed by atoms with Gasteiger partial charge < -0.3 is 9.15 Å². The van der Waals surface area contributed by atoms with Crippen LogP contribution in [0.1, 0.15) is 27.4 Å². The average Bonchev–Trinajstić information content (AvgIpc) is 3.37. The molecule has 0 aliphatic carbocycles. The van der Waals surface area contributed by atoms with Crippen LogP contribution in [-0.2, 0) is 13.2 Å². The standard InChI is InChI=1S/C22H19ClN4O3/c1-15-5-2-3-8-19(15)29-13-18-9-10-20(30-18)21(28)25-22-24-14-27(26-22)12-16-6-4-7-17(23)11-16/h2-11,14H,12-13H2,1H3,(H,25,26,28). The van der Waals surface area contributed by atoms with E-state index in [9.17, 15) is 4.79 Å². The Morgan fingerprint density at radius 2 is 2.03 bits per heavy atom. The van der Waals surface area contributed by atoms with Crippen LogP contribution in [-0.4, -0.2) is 20.7 Å². The number of aromatic nitrogens is 3. The van der Waals surface area contributed by atoms with E-state index in [1.807, 2.05) is 55.5 Å². The highest BCUT2D eigenvalue weighted by atomic mass is 35.5. The van der Waals surface area contributed by atoms with Gasteiger partial charge in [0.2, 0.25) is 5.95 Å². The van der Waals surface area contributed by atoms with Crippen molar-refractivity contribution in [2.24, 2.45) is 0 Å². The molecule has 0 unspecified atom stereocenters. The van der Waals surface area contributed by atoms with Gasteiger partial charge in [-0.3, -0.25) is 10.1 Å². The first-order chi connectivity index (χ1) is 14.6. The molecule has 30 heavy (non-hydrogen) atoms. The molecule has 0 aliphatic rings. The van der Waals surface area contributed by atoms with Crippen molar-refractivity contribution in [2.45, 2.75) is 20.1 Å². The first-order valence-corrected chi connectivity index (χ1v) is 9.67. The fourth-order valence-corrected chi connectivity index (χ4v) is 3.07. The monoisotopic (exact) mass is 422 g/mol. The molecule has 0 aliphatic heterocycles. The lowest BCUT2D eigenvalue weighted by atomic mass is 10.2. The van der Waals surface area contributed by atoms with Crippen molar-refractivity contribution in [3.05, 3.63) is 94.7 Å². The molecule has 2 aromatic heterocycles. The minimum absolute atomic E-state index is 0.157. The third-order valence-electron chi connectivity index (χ3n) is 4.34. The number of rotatable bonds is 7. The molecule has 2 heterocycles. The highest BCUT2D eigenvalue weighted by Gasteiger charge is 2.14. The molecule has 0 atom stereocenters. The molecular formula is C22H19ClN4O3. The Balaban J connectivity index is 1.34. The number of nitrogens with zero attached hydrogens (tertiary/aromatic N) is 3. The lowest BCUT2D eigenvalue weighted by Gasteiger charge is -2.06. The smallest absolute Gasteiger partial charge is 0.293 e. The summed E-state index contributed by atoms with van der Waals surface area (Å²) < 4.78 is 12.9. The number of hydrogen-bond donors (Lipinski definition) is 1. The summed E-state index contributed by atoms with van der Waals surface area (Å²) in [5.74, 6) is 1.23. The van der Waals surface area contributed by atoms with Crippen LogP contribution in [0.2, 0.25) is 5.02 Å². The van der Waals surface area contributed by atoms with Gasteiger partial charge in [0.15, 0.2) is 5.76 Å². The van der Waals surface area contributed by atoms with Crippen LogP contribution in [0.4, 0.5) is 5.95 Å². The lowest BCUT2D eigenvalue weighted by molar-refractivity contribution is 0.0991. The molecule has 4 rings (SSSR count). The van der Waals surface area contributed by atoms with Gasteiger partial charge in [0, 0.05) is 5.02 Å². The van der Waals surface area contributed by atoms with Crippen molar-refractivity contribution in [2.75, 3.05) is 5.32 Å². The van der Waals surface area contributed by atoms with Gasteiger partial charge in [-0.05, 0) is 48.4 Å².